The monoisotopic (exact) mass is 225 g/mol. The molecule has 0 aromatic rings. The Morgan fingerprint density at radius 2 is 1.94 bits per heavy atom. The van der Waals surface area contributed by atoms with Gasteiger partial charge in [0.1, 0.15) is 0 Å². The van der Waals surface area contributed by atoms with Crippen LogP contribution in [0, 0.1) is 0 Å². The number of amides is 1. The average Bonchev–Trinajstić information content (AvgIpc) is 2.25. The van der Waals surface area contributed by atoms with E-state index in [1.54, 1.807) is 0 Å². The van der Waals surface area contributed by atoms with Crippen LogP contribution in [-0.2, 0) is 4.79 Å². The van der Waals surface area contributed by atoms with E-state index < -0.39 is 0 Å². The second-order valence-electron chi connectivity index (χ2n) is 5.23. The molecule has 3 N–H and O–H groups in total. The number of carbonyl (C=O) groups excluding carboxylic acids is 1. The molecule has 16 heavy (non-hydrogen) atoms. The number of nitrogens with one attached hydrogen (secondary N) is 1. The van der Waals surface area contributed by atoms with E-state index in [-0.39, 0.29) is 18.0 Å². The number of rotatable bonds is 3. The molecule has 4 nitrogen and oxygen atoms in total. The Kier molecular flexibility index (Phi) is 3.82. The molecule has 0 radical (unpaired) electrons. The summed E-state index contributed by atoms with van der Waals surface area (Å²) in [5, 5.41) is 3.16. The Morgan fingerprint density at radius 1 is 1.31 bits per heavy atom. The average molecular weight is 225 g/mol. The molecule has 1 saturated heterocycles. The van der Waals surface area contributed by atoms with Crippen molar-refractivity contribution >= 4 is 5.91 Å². The third kappa shape index (κ3) is 2.74. The van der Waals surface area contributed by atoms with E-state index in [9.17, 15) is 4.79 Å². The zero-order valence-corrected chi connectivity index (χ0v) is 10.1. The van der Waals surface area contributed by atoms with Gasteiger partial charge in [-0.05, 0) is 19.8 Å². The Balaban J connectivity index is 1.74. The van der Waals surface area contributed by atoms with Gasteiger partial charge >= 0.3 is 0 Å². The highest BCUT2D eigenvalue weighted by molar-refractivity contribution is 5.81. The lowest BCUT2D eigenvalue weighted by Gasteiger charge is -2.41. The molecule has 1 saturated carbocycles. The zero-order chi connectivity index (χ0) is 11.5. The van der Waals surface area contributed by atoms with E-state index in [2.05, 4.69) is 10.2 Å². The molecule has 2 aliphatic rings. The SMILES string of the molecule is CC(C(=O)NC1CCCCC1)N1CC(N)C1. The number of hydrogen-bond donors (Lipinski definition) is 2. The smallest absolute Gasteiger partial charge is 0.237 e. The highest BCUT2D eigenvalue weighted by atomic mass is 16.2. The minimum Gasteiger partial charge on any atom is -0.352 e. The van der Waals surface area contributed by atoms with Gasteiger partial charge in [0.2, 0.25) is 5.91 Å². The maximum atomic E-state index is 12.0. The van der Waals surface area contributed by atoms with Gasteiger partial charge < -0.3 is 11.1 Å². The van der Waals surface area contributed by atoms with Gasteiger partial charge in [0, 0.05) is 25.2 Å². The first kappa shape index (κ1) is 11.9. The zero-order valence-electron chi connectivity index (χ0n) is 10.1. The van der Waals surface area contributed by atoms with E-state index in [1.165, 1.54) is 19.3 Å². The summed E-state index contributed by atoms with van der Waals surface area (Å²) < 4.78 is 0. The van der Waals surface area contributed by atoms with Gasteiger partial charge in [-0.15, -0.1) is 0 Å². The largest absolute Gasteiger partial charge is 0.352 e. The molecule has 1 heterocycles. The van der Waals surface area contributed by atoms with Crippen molar-refractivity contribution in [3.8, 4) is 0 Å². The molecule has 1 atom stereocenters. The van der Waals surface area contributed by atoms with E-state index in [0.29, 0.717) is 6.04 Å². The normalized spacial score (nSPS) is 26.1. The second-order valence-corrected chi connectivity index (χ2v) is 5.23. The quantitative estimate of drug-likeness (QED) is 0.734. The lowest BCUT2D eigenvalue weighted by Crippen LogP contribution is -2.62. The molecule has 1 unspecified atom stereocenters. The van der Waals surface area contributed by atoms with Crippen LogP contribution in [0.1, 0.15) is 39.0 Å². The number of hydrogen-bond acceptors (Lipinski definition) is 3. The fourth-order valence-electron chi connectivity index (χ4n) is 2.60. The fourth-order valence-corrected chi connectivity index (χ4v) is 2.60. The van der Waals surface area contributed by atoms with E-state index >= 15 is 0 Å². The number of nitrogens with two attached hydrogens (primary N) is 1. The molecule has 0 aromatic carbocycles. The Labute approximate surface area is 97.6 Å². The van der Waals surface area contributed by atoms with E-state index in [4.69, 9.17) is 5.73 Å². The minimum absolute atomic E-state index is 0.0123. The van der Waals surface area contributed by atoms with Crippen molar-refractivity contribution in [1.29, 1.82) is 0 Å². The Morgan fingerprint density at radius 3 is 2.50 bits per heavy atom. The van der Waals surface area contributed by atoms with Crippen LogP contribution in [0.25, 0.3) is 0 Å². The van der Waals surface area contributed by atoms with Crippen molar-refractivity contribution in [2.75, 3.05) is 13.1 Å². The third-order valence-corrected chi connectivity index (χ3v) is 3.82. The van der Waals surface area contributed by atoms with Crippen LogP contribution >= 0.6 is 0 Å². The van der Waals surface area contributed by atoms with Crippen LogP contribution in [0.3, 0.4) is 0 Å². The molecule has 1 amide bonds. The molecule has 1 aliphatic carbocycles. The summed E-state index contributed by atoms with van der Waals surface area (Å²) in [6.45, 7) is 3.70. The fraction of sp³-hybridized carbons (Fsp3) is 0.917. The van der Waals surface area contributed by atoms with Crippen LogP contribution in [-0.4, -0.2) is 42.0 Å². The number of likely N-dealkylation sites (tertiary alicyclic amines) is 1. The molecular weight excluding hydrogens is 202 g/mol. The maximum absolute atomic E-state index is 12.0. The number of carbonyl (C=O) groups is 1. The standard InChI is InChI=1S/C12H23N3O/c1-9(15-7-10(13)8-15)12(16)14-11-5-3-2-4-6-11/h9-11H,2-8,13H2,1H3,(H,14,16). The predicted molar refractivity (Wildman–Crippen MR) is 64.0 cm³/mol. The van der Waals surface area contributed by atoms with Crippen molar-refractivity contribution in [3.63, 3.8) is 0 Å². The van der Waals surface area contributed by atoms with Crippen molar-refractivity contribution < 1.29 is 4.79 Å². The molecule has 1 aliphatic heterocycles. The summed E-state index contributed by atoms with van der Waals surface area (Å²) in [6, 6.07) is 0.672. The first-order chi connectivity index (χ1) is 7.66. The maximum Gasteiger partial charge on any atom is 0.237 e. The molecule has 0 spiro atoms. The summed E-state index contributed by atoms with van der Waals surface area (Å²) in [5.74, 6) is 0.179. The molecular formula is C12H23N3O. The van der Waals surface area contributed by atoms with Crippen LogP contribution < -0.4 is 11.1 Å². The van der Waals surface area contributed by atoms with Crippen molar-refractivity contribution in [2.45, 2.75) is 57.2 Å². The Bertz CT molecular complexity index is 245. The topological polar surface area (TPSA) is 58.4 Å². The van der Waals surface area contributed by atoms with Gasteiger partial charge in [-0.3, -0.25) is 9.69 Å². The van der Waals surface area contributed by atoms with Crippen molar-refractivity contribution in [1.82, 2.24) is 10.2 Å². The molecule has 0 bridgehead atoms. The Hall–Kier alpha value is -0.610. The van der Waals surface area contributed by atoms with Gasteiger partial charge in [0.05, 0.1) is 6.04 Å². The van der Waals surface area contributed by atoms with Gasteiger partial charge in [-0.2, -0.15) is 0 Å². The van der Waals surface area contributed by atoms with Crippen LogP contribution in [0.4, 0.5) is 0 Å². The van der Waals surface area contributed by atoms with Crippen LogP contribution in [0.2, 0.25) is 0 Å². The van der Waals surface area contributed by atoms with Crippen LogP contribution in [0.5, 0.6) is 0 Å². The molecule has 2 rings (SSSR count). The summed E-state index contributed by atoms with van der Waals surface area (Å²) in [4.78, 5) is 14.1. The van der Waals surface area contributed by atoms with Crippen LogP contribution in [0.15, 0.2) is 0 Å². The van der Waals surface area contributed by atoms with Crippen molar-refractivity contribution in [3.05, 3.63) is 0 Å². The van der Waals surface area contributed by atoms with Gasteiger partial charge in [-0.25, -0.2) is 0 Å². The van der Waals surface area contributed by atoms with Gasteiger partial charge in [0.15, 0.2) is 0 Å². The summed E-state index contributed by atoms with van der Waals surface area (Å²) in [6.07, 6.45) is 6.14. The van der Waals surface area contributed by atoms with E-state index in [0.717, 1.165) is 25.9 Å². The third-order valence-electron chi connectivity index (χ3n) is 3.82. The molecule has 2 fully saturated rings. The highest BCUT2D eigenvalue weighted by Crippen LogP contribution is 2.18. The number of nitrogens with zero attached hydrogens (tertiary/aromatic N) is 1. The summed E-state index contributed by atoms with van der Waals surface area (Å²) in [5.41, 5.74) is 5.72. The summed E-state index contributed by atoms with van der Waals surface area (Å²) >= 11 is 0. The predicted octanol–water partition coefficient (Wildman–Crippen LogP) is 0.467. The lowest BCUT2D eigenvalue weighted by atomic mass is 9.95. The molecule has 0 aromatic heterocycles. The summed E-state index contributed by atoms with van der Waals surface area (Å²) in [7, 11) is 0. The van der Waals surface area contributed by atoms with Crippen molar-refractivity contribution in [2.24, 2.45) is 5.73 Å². The molecule has 92 valence electrons. The first-order valence-electron chi connectivity index (χ1n) is 6.47. The lowest BCUT2D eigenvalue weighted by molar-refractivity contribution is -0.128. The highest BCUT2D eigenvalue weighted by Gasteiger charge is 2.31. The minimum atomic E-state index is -0.0123. The first-order valence-corrected chi connectivity index (χ1v) is 6.47. The van der Waals surface area contributed by atoms with Gasteiger partial charge in [-0.1, -0.05) is 19.3 Å². The molecule has 4 heteroatoms. The second kappa shape index (κ2) is 5.15. The van der Waals surface area contributed by atoms with Gasteiger partial charge in [0.25, 0.3) is 0 Å². The van der Waals surface area contributed by atoms with E-state index in [1.807, 2.05) is 6.92 Å².